The lowest BCUT2D eigenvalue weighted by molar-refractivity contribution is -0.150. The van der Waals surface area contributed by atoms with Gasteiger partial charge in [-0.15, -0.1) is 0 Å². The summed E-state index contributed by atoms with van der Waals surface area (Å²) < 4.78 is 15.3. The van der Waals surface area contributed by atoms with Gasteiger partial charge >= 0.3 is 12.0 Å². The summed E-state index contributed by atoms with van der Waals surface area (Å²) in [6, 6.07) is 3.53. The Morgan fingerprint density at radius 1 is 1.11 bits per heavy atom. The SMILES string of the molecule is COc1ccc(CNC(=O)COC(=O)[C@@H](CC(C)C)NC(N)=O)cc1OC. The monoisotopic (exact) mass is 381 g/mol. The smallest absolute Gasteiger partial charge is 0.329 e. The summed E-state index contributed by atoms with van der Waals surface area (Å²) in [5.74, 6) is 0.0851. The number of hydrogen-bond donors (Lipinski definition) is 3. The van der Waals surface area contributed by atoms with Crippen molar-refractivity contribution >= 4 is 17.9 Å². The highest BCUT2D eigenvalue weighted by Gasteiger charge is 2.23. The van der Waals surface area contributed by atoms with E-state index in [9.17, 15) is 14.4 Å². The zero-order valence-electron chi connectivity index (χ0n) is 16.0. The van der Waals surface area contributed by atoms with Crippen molar-refractivity contribution in [2.75, 3.05) is 20.8 Å². The Kier molecular flexibility index (Phi) is 8.91. The Hall–Kier alpha value is -2.97. The maximum atomic E-state index is 12.0. The first-order valence-electron chi connectivity index (χ1n) is 8.47. The van der Waals surface area contributed by atoms with Crippen molar-refractivity contribution in [3.63, 3.8) is 0 Å². The van der Waals surface area contributed by atoms with Gasteiger partial charge < -0.3 is 30.6 Å². The van der Waals surface area contributed by atoms with Gasteiger partial charge in [0.15, 0.2) is 18.1 Å². The molecule has 0 radical (unpaired) electrons. The molecule has 0 aliphatic carbocycles. The van der Waals surface area contributed by atoms with Crippen molar-refractivity contribution in [1.82, 2.24) is 10.6 Å². The van der Waals surface area contributed by atoms with Crippen molar-refractivity contribution < 1.29 is 28.6 Å². The van der Waals surface area contributed by atoms with Crippen LogP contribution in [0.15, 0.2) is 18.2 Å². The average Bonchev–Trinajstić information content (AvgIpc) is 2.62. The number of hydrogen-bond acceptors (Lipinski definition) is 6. The number of urea groups is 1. The molecule has 0 aliphatic heterocycles. The molecule has 9 nitrogen and oxygen atoms in total. The van der Waals surface area contributed by atoms with Crippen LogP contribution in [0, 0.1) is 5.92 Å². The number of carbonyl (C=O) groups excluding carboxylic acids is 3. The average molecular weight is 381 g/mol. The van der Waals surface area contributed by atoms with E-state index < -0.39 is 30.6 Å². The minimum atomic E-state index is -0.888. The standard InChI is InChI=1S/C18H27N3O6/c1-11(2)7-13(21-18(19)24)17(23)27-10-16(22)20-9-12-5-6-14(25-3)15(8-12)26-4/h5-6,8,11,13H,7,9-10H2,1-4H3,(H,20,22)(H3,19,21,24)/t13-/m1/s1. The molecule has 27 heavy (non-hydrogen) atoms. The lowest BCUT2D eigenvalue weighted by Crippen LogP contribution is -2.45. The number of esters is 1. The highest BCUT2D eigenvalue weighted by atomic mass is 16.5. The molecule has 150 valence electrons. The van der Waals surface area contributed by atoms with Crippen LogP contribution >= 0.6 is 0 Å². The Morgan fingerprint density at radius 2 is 1.78 bits per heavy atom. The van der Waals surface area contributed by atoms with Gasteiger partial charge in [0.25, 0.3) is 5.91 Å². The molecule has 1 aromatic carbocycles. The molecule has 1 aromatic rings. The van der Waals surface area contributed by atoms with Gasteiger partial charge in [-0.1, -0.05) is 19.9 Å². The van der Waals surface area contributed by atoms with E-state index in [-0.39, 0.29) is 12.5 Å². The Labute approximate surface area is 158 Å². The first kappa shape index (κ1) is 22.1. The van der Waals surface area contributed by atoms with Crippen LogP contribution in [0.25, 0.3) is 0 Å². The zero-order chi connectivity index (χ0) is 20.4. The van der Waals surface area contributed by atoms with Gasteiger partial charge in [0, 0.05) is 6.54 Å². The Balaban J connectivity index is 2.52. The van der Waals surface area contributed by atoms with Gasteiger partial charge in [0.05, 0.1) is 14.2 Å². The molecule has 0 heterocycles. The molecule has 0 spiro atoms. The molecule has 1 atom stereocenters. The maximum absolute atomic E-state index is 12.0. The highest BCUT2D eigenvalue weighted by molar-refractivity contribution is 5.85. The molecule has 0 bridgehead atoms. The van der Waals surface area contributed by atoms with Crippen LogP contribution in [0.3, 0.4) is 0 Å². The lowest BCUT2D eigenvalue weighted by atomic mass is 10.0. The van der Waals surface area contributed by atoms with Crippen LogP contribution < -0.4 is 25.8 Å². The number of ether oxygens (including phenoxy) is 3. The summed E-state index contributed by atoms with van der Waals surface area (Å²) in [6.07, 6.45) is 0.356. The molecular formula is C18H27N3O6. The van der Waals surface area contributed by atoms with Crippen molar-refractivity contribution in [2.24, 2.45) is 11.7 Å². The highest BCUT2D eigenvalue weighted by Crippen LogP contribution is 2.27. The fourth-order valence-corrected chi connectivity index (χ4v) is 2.34. The molecular weight excluding hydrogens is 354 g/mol. The number of primary amides is 1. The third-order valence-corrected chi connectivity index (χ3v) is 3.59. The van der Waals surface area contributed by atoms with Crippen LogP contribution in [0.5, 0.6) is 11.5 Å². The fraction of sp³-hybridized carbons (Fsp3) is 0.500. The van der Waals surface area contributed by atoms with Gasteiger partial charge in [0.1, 0.15) is 6.04 Å². The summed E-state index contributed by atoms with van der Waals surface area (Å²) in [4.78, 5) is 34.9. The lowest BCUT2D eigenvalue weighted by Gasteiger charge is -2.18. The van der Waals surface area contributed by atoms with Crippen LogP contribution in [0.4, 0.5) is 4.79 Å². The Bertz CT molecular complexity index is 662. The summed E-state index contributed by atoms with van der Waals surface area (Å²) in [7, 11) is 3.06. The van der Waals surface area contributed by atoms with E-state index in [2.05, 4.69) is 10.6 Å². The minimum Gasteiger partial charge on any atom is -0.493 e. The fourth-order valence-electron chi connectivity index (χ4n) is 2.34. The number of methoxy groups -OCH3 is 2. The van der Waals surface area contributed by atoms with Crippen LogP contribution in [-0.4, -0.2) is 44.8 Å². The first-order chi connectivity index (χ1) is 12.8. The van der Waals surface area contributed by atoms with Gasteiger partial charge in [-0.05, 0) is 30.0 Å². The molecule has 0 saturated heterocycles. The van der Waals surface area contributed by atoms with Crippen molar-refractivity contribution in [2.45, 2.75) is 32.9 Å². The van der Waals surface area contributed by atoms with E-state index in [4.69, 9.17) is 19.9 Å². The second-order valence-corrected chi connectivity index (χ2v) is 6.26. The number of nitrogens with two attached hydrogens (primary N) is 1. The normalized spacial score (nSPS) is 11.4. The van der Waals surface area contributed by atoms with Crippen LogP contribution in [-0.2, 0) is 20.9 Å². The molecule has 3 amide bonds. The van der Waals surface area contributed by atoms with Crippen LogP contribution in [0.1, 0.15) is 25.8 Å². The van der Waals surface area contributed by atoms with Crippen molar-refractivity contribution in [3.8, 4) is 11.5 Å². The molecule has 4 N–H and O–H groups in total. The van der Waals surface area contributed by atoms with Crippen molar-refractivity contribution in [3.05, 3.63) is 23.8 Å². The van der Waals surface area contributed by atoms with E-state index in [1.807, 2.05) is 13.8 Å². The quantitative estimate of drug-likeness (QED) is 0.518. The predicted octanol–water partition coefficient (Wildman–Crippen LogP) is 0.946. The van der Waals surface area contributed by atoms with E-state index in [0.717, 1.165) is 5.56 Å². The number of rotatable bonds is 10. The van der Waals surface area contributed by atoms with Gasteiger partial charge in [-0.25, -0.2) is 9.59 Å². The first-order valence-corrected chi connectivity index (χ1v) is 8.47. The molecule has 0 aliphatic rings. The summed E-state index contributed by atoms with van der Waals surface area (Å²) in [6.45, 7) is 3.55. The van der Waals surface area contributed by atoms with Gasteiger partial charge in [-0.2, -0.15) is 0 Å². The summed E-state index contributed by atoms with van der Waals surface area (Å²) >= 11 is 0. The van der Waals surface area contributed by atoms with Gasteiger partial charge in [-0.3, -0.25) is 4.79 Å². The van der Waals surface area contributed by atoms with Crippen molar-refractivity contribution in [1.29, 1.82) is 0 Å². The Morgan fingerprint density at radius 3 is 2.33 bits per heavy atom. The van der Waals surface area contributed by atoms with Gasteiger partial charge in [0.2, 0.25) is 0 Å². The molecule has 0 saturated carbocycles. The molecule has 9 heteroatoms. The maximum Gasteiger partial charge on any atom is 0.329 e. The minimum absolute atomic E-state index is 0.133. The largest absolute Gasteiger partial charge is 0.493 e. The molecule has 1 rings (SSSR count). The van der Waals surface area contributed by atoms with E-state index in [1.54, 1.807) is 18.2 Å². The summed E-state index contributed by atoms with van der Waals surface area (Å²) in [5, 5.41) is 4.96. The zero-order valence-corrected chi connectivity index (χ0v) is 16.0. The topological polar surface area (TPSA) is 129 Å². The predicted molar refractivity (Wildman–Crippen MR) is 98.3 cm³/mol. The van der Waals surface area contributed by atoms with E-state index in [0.29, 0.717) is 17.9 Å². The molecule has 0 unspecified atom stereocenters. The van der Waals surface area contributed by atoms with Crippen LogP contribution in [0.2, 0.25) is 0 Å². The third kappa shape index (κ3) is 7.85. The molecule has 0 aromatic heterocycles. The van der Waals surface area contributed by atoms with E-state index in [1.165, 1.54) is 14.2 Å². The molecule has 0 fully saturated rings. The van der Waals surface area contributed by atoms with E-state index >= 15 is 0 Å². The number of carbonyl (C=O) groups is 3. The second kappa shape index (κ2) is 10.9. The number of benzene rings is 1. The second-order valence-electron chi connectivity index (χ2n) is 6.26. The summed E-state index contributed by atoms with van der Waals surface area (Å²) in [5.41, 5.74) is 5.86. The number of amides is 3. The third-order valence-electron chi connectivity index (χ3n) is 3.59. The number of nitrogens with one attached hydrogen (secondary N) is 2.